The summed E-state index contributed by atoms with van der Waals surface area (Å²) < 4.78 is 12.5. The van der Waals surface area contributed by atoms with E-state index in [-0.39, 0.29) is 17.3 Å². The van der Waals surface area contributed by atoms with Gasteiger partial charge >= 0.3 is 0 Å². The fourth-order valence-electron chi connectivity index (χ4n) is 3.05. The van der Waals surface area contributed by atoms with Crippen LogP contribution in [0, 0.1) is 10.1 Å². The highest BCUT2D eigenvalue weighted by Crippen LogP contribution is 2.33. The third-order valence-corrected chi connectivity index (χ3v) is 5.76. The number of hydrogen-bond acceptors (Lipinski definition) is 8. The standard InChI is InChI=1S/C22H23N5O5S/c1-5-12-26-20(16-8-6-7-9-18(16)31-3)24-25-22(26)33-14(2)21(28)23-17-13-15(27(29)30)10-11-19(17)32-4/h5-11,13-14H,1,12H2,2-4H3,(H,23,28)/t14-/m0/s1. The van der Waals surface area contributed by atoms with Gasteiger partial charge in [-0.2, -0.15) is 0 Å². The Labute approximate surface area is 194 Å². The van der Waals surface area contributed by atoms with Crippen molar-refractivity contribution in [3.63, 3.8) is 0 Å². The van der Waals surface area contributed by atoms with E-state index in [9.17, 15) is 14.9 Å². The largest absolute Gasteiger partial charge is 0.496 e. The lowest BCUT2D eigenvalue weighted by atomic mass is 10.2. The van der Waals surface area contributed by atoms with Crippen LogP contribution in [-0.4, -0.2) is 45.1 Å². The molecule has 0 saturated heterocycles. The number of para-hydroxylation sites is 1. The molecule has 0 unspecified atom stereocenters. The van der Waals surface area contributed by atoms with Crippen molar-refractivity contribution in [2.75, 3.05) is 19.5 Å². The summed E-state index contributed by atoms with van der Waals surface area (Å²) in [6.07, 6.45) is 1.71. The third-order valence-electron chi connectivity index (χ3n) is 4.68. The third kappa shape index (κ3) is 5.32. The predicted molar refractivity (Wildman–Crippen MR) is 126 cm³/mol. The number of methoxy groups -OCH3 is 2. The molecule has 1 amide bonds. The summed E-state index contributed by atoms with van der Waals surface area (Å²) in [6, 6.07) is 11.4. The minimum atomic E-state index is -0.591. The molecule has 0 bridgehead atoms. The highest BCUT2D eigenvalue weighted by atomic mass is 32.2. The predicted octanol–water partition coefficient (Wildman–Crippen LogP) is 4.18. The number of hydrogen-bond donors (Lipinski definition) is 1. The molecule has 0 radical (unpaired) electrons. The van der Waals surface area contributed by atoms with Crippen LogP contribution in [0.1, 0.15) is 6.92 Å². The lowest BCUT2D eigenvalue weighted by molar-refractivity contribution is -0.384. The van der Waals surface area contributed by atoms with Crippen LogP contribution in [0.5, 0.6) is 11.5 Å². The maximum absolute atomic E-state index is 12.9. The van der Waals surface area contributed by atoms with Crippen LogP contribution in [0.15, 0.2) is 60.3 Å². The van der Waals surface area contributed by atoms with E-state index in [4.69, 9.17) is 9.47 Å². The molecule has 1 N–H and O–H groups in total. The van der Waals surface area contributed by atoms with E-state index in [2.05, 4.69) is 22.1 Å². The van der Waals surface area contributed by atoms with Gasteiger partial charge in [0.15, 0.2) is 11.0 Å². The fourth-order valence-corrected chi connectivity index (χ4v) is 3.91. The molecule has 1 aromatic heterocycles. The average molecular weight is 470 g/mol. The first kappa shape index (κ1) is 23.8. The van der Waals surface area contributed by atoms with Crippen LogP contribution in [-0.2, 0) is 11.3 Å². The number of nitrogens with one attached hydrogen (secondary N) is 1. The molecule has 0 spiro atoms. The van der Waals surface area contributed by atoms with Gasteiger partial charge in [0.1, 0.15) is 11.5 Å². The van der Waals surface area contributed by atoms with E-state index in [1.807, 2.05) is 28.8 Å². The first-order valence-corrected chi connectivity index (χ1v) is 10.7. The number of anilines is 1. The van der Waals surface area contributed by atoms with Crippen molar-refractivity contribution in [3.05, 3.63) is 65.2 Å². The number of ether oxygens (including phenoxy) is 2. The molecule has 0 aliphatic carbocycles. The Morgan fingerprint density at radius 3 is 2.64 bits per heavy atom. The van der Waals surface area contributed by atoms with Gasteiger partial charge in [0.05, 0.1) is 35.6 Å². The van der Waals surface area contributed by atoms with Gasteiger partial charge < -0.3 is 14.8 Å². The van der Waals surface area contributed by atoms with E-state index < -0.39 is 10.2 Å². The number of rotatable bonds is 10. The number of nitro benzene ring substituents is 1. The molecule has 0 aliphatic heterocycles. The Morgan fingerprint density at radius 1 is 1.24 bits per heavy atom. The maximum atomic E-state index is 12.9. The molecule has 1 heterocycles. The second-order valence-electron chi connectivity index (χ2n) is 6.80. The Hall–Kier alpha value is -3.86. The van der Waals surface area contributed by atoms with Crippen LogP contribution in [0.4, 0.5) is 11.4 Å². The van der Waals surface area contributed by atoms with Crippen molar-refractivity contribution in [2.45, 2.75) is 23.9 Å². The zero-order chi connectivity index (χ0) is 24.0. The van der Waals surface area contributed by atoms with Crippen molar-refractivity contribution in [1.29, 1.82) is 0 Å². The van der Waals surface area contributed by atoms with Crippen molar-refractivity contribution in [3.8, 4) is 22.9 Å². The molecule has 3 aromatic rings. The van der Waals surface area contributed by atoms with Crippen LogP contribution in [0.25, 0.3) is 11.4 Å². The number of carbonyl (C=O) groups excluding carboxylic acids is 1. The number of allylic oxidation sites excluding steroid dienone is 1. The van der Waals surface area contributed by atoms with Crippen LogP contribution in [0.2, 0.25) is 0 Å². The molecule has 0 fully saturated rings. The quantitative estimate of drug-likeness (QED) is 0.203. The van der Waals surface area contributed by atoms with Gasteiger partial charge in [-0.15, -0.1) is 16.8 Å². The van der Waals surface area contributed by atoms with E-state index in [0.29, 0.717) is 29.0 Å². The fraction of sp³-hybridized carbons (Fsp3) is 0.227. The smallest absolute Gasteiger partial charge is 0.271 e. The summed E-state index contributed by atoms with van der Waals surface area (Å²) in [4.78, 5) is 23.4. The first-order chi connectivity index (χ1) is 15.9. The van der Waals surface area contributed by atoms with Crippen LogP contribution >= 0.6 is 11.8 Å². The Kier molecular flexibility index (Phi) is 7.67. The van der Waals surface area contributed by atoms with Crippen molar-refractivity contribution in [2.24, 2.45) is 0 Å². The molecule has 0 aliphatic rings. The lowest BCUT2D eigenvalue weighted by Crippen LogP contribution is -2.23. The molecular weight excluding hydrogens is 446 g/mol. The van der Waals surface area contributed by atoms with Gasteiger partial charge in [0.25, 0.3) is 5.69 Å². The van der Waals surface area contributed by atoms with Gasteiger partial charge in [-0.3, -0.25) is 19.5 Å². The highest BCUT2D eigenvalue weighted by molar-refractivity contribution is 8.00. The van der Waals surface area contributed by atoms with Gasteiger partial charge in [0, 0.05) is 18.7 Å². The zero-order valence-corrected chi connectivity index (χ0v) is 19.2. The number of nitrogens with zero attached hydrogens (tertiary/aromatic N) is 4. The second-order valence-corrected chi connectivity index (χ2v) is 8.10. The lowest BCUT2D eigenvalue weighted by Gasteiger charge is -2.15. The Morgan fingerprint density at radius 2 is 1.97 bits per heavy atom. The van der Waals surface area contributed by atoms with Crippen molar-refractivity contribution >= 4 is 29.0 Å². The van der Waals surface area contributed by atoms with Crippen molar-refractivity contribution < 1.29 is 19.2 Å². The Balaban J connectivity index is 1.84. The maximum Gasteiger partial charge on any atom is 0.271 e. The van der Waals surface area contributed by atoms with Gasteiger partial charge in [-0.1, -0.05) is 30.0 Å². The summed E-state index contributed by atoms with van der Waals surface area (Å²) in [5.41, 5.74) is 0.824. The topological polar surface area (TPSA) is 121 Å². The van der Waals surface area contributed by atoms with Gasteiger partial charge in [-0.05, 0) is 25.1 Å². The first-order valence-electron chi connectivity index (χ1n) is 9.87. The molecule has 1 atom stereocenters. The number of thioether (sulfide) groups is 1. The summed E-state index contributed by atoms with van der Waals surface area (Å²) in [6.45, 7) is 5.93. The number of nitro groups is 1. The van der Waals surface area contributed by atoms with E-state index >= 15 is 0 Å². The Bertz CT molecular complexity index is 1180. The molecule has 11 heteroatoms. The SMILES string of the molecule is C=CCn1c(S[C@@H](C)C(=O)Nc2cc([N+](=O)[O-])ccc2OC)nnc1-c1ccccc1OC. The number of benzene rings is 2. The van der Waals surface area contributed by atoms with Gasteiger partial charge in [0.2, 0.25) is 5.91 Å². The van der Waals surface area contributed by atoms with Crippen molar-refractivity contribution in [1.82, 2.24) is 14.8 Å². The second kappa shape index (κ2) is 10.6. The van der Waals surface area contributed by atoms with Crippen LogP contribution in [0.3, 0.4) is 0 Å². The summed E-state index contributed by atoms with van der Waals surface area (Å²) in [5.74, 6) is 1.18. The zero-order valence-electron chi connectivity index (χ0n) is 18.3. The molecule has 2 aromatic carbocycles. The summed E-state index contributed by atoms with van der Waals surface area (Å²) in [7, 11) is 3.00. The van der Waals surface area contributed by atoms with E-state index in [1.54, 1.807) is 20.1 Å². The normalized spacial score (nSPS) is 11.5. The monoisotopic (exact) mass is 469 g/mol. The molecule has 0 saturated carbocycles. The van der Waals surface area contributed by atoms with E-state index in [1.165, 1.54) is 37.1 Å². The molecule has 3 rings (SSSR count). The average Bonchev–Trinajstić information content (AvgIpc) is 3.20. The van der Waals surface area contributed by atoms with Crippen LogP contribution < -0.4 is 14.8 Å². The summed E-state index contributed by atoms with van der Waals surface area (Å²) in [5, 5.41) is 22.3. The molecule has 10 nitrogen and oxygen atoms in total. The molecule has 33 heavy (non-hydrogen) atoms. The minimum absolute atomic E-state index is 0.154. The summed E-state index contributed by atoms with van der Waals surface area (Å²) >= 11 is 1.20. The molecular formula is C22H23N5O5S. The molecule has 172 valence electrons. The number of carbonyl (C=O) groups is 1. The van der Waals surface area contributed by atoms with E-state index in [0.717, 1.165) is 5.56 Å². The highest BCUT2D eigenvalue weighted by Gasteiger charge is 2.23. The number of aromatic nitrogens is 3. The number of non-ortho nitro benzene ring substituents is 1. The number of amides is 1. The minimum Gasteiger partial charge on any atom is -0.496 e. The van der Waals surface area contributed by atoms with Gasteiger partial charge in [-0.25, -0.2) is 0 Å².